The van der Waals surface area contributed by atoms with Gasteiger partial charge in [-0.05, 0) is 56.4 Å². The molecule has 0 spiro atoms. The van der Waals surface area contributed by atoms with E-state index < -0.39 is 0 Å². The molecule has 0 unspecified atom stereocenters. The van der Waals surface area contributed by atoms with Gasteiger partial charge < -0.3 is 10.6 Å². The zero-order valence-corrected chi connectivity index (χ0v) is 10.4. The van der Waals surface area contributed by atoms with E-state index in [9.17, 15) is 0 Å². The molecule has 0 radical (unpaired) electrons. The Kier molecular flexibility index (Phi) is 3.31. The van der Waals surface area contributed by atoms with E-state index in [2.05, 4.69) is 43.3 Å². The zero-order valence-electron chi connectivity index (χ0n) is 10.4. The van der Waals surface area contributed by atoms with Crippen LogP contribution >= 0.6 is 0 Å². The maximum Gasteiger partial charge on any atom is 0.0227 e. The summed E-state index contributed by atoms with van der Waals surface area (Å²) in [6, 6.07) is 8.93. The highest BCUT2D eigenvalue weighted by Gasteiger charge is 2.40. The van der Waals surface area contributed by atoms with Crippen LogP contribution in [0.3, 0.4) is 0 Å². The monoisotopic (exact) mass is 218 g/mol. The SMILES string of the molecule is CN(C)Cc1cccc(CC2(CN)CC2)c1. The van der Waals surface area contributed by atoms with Gasteiger partial charge in [-0.2, -0.15) is 0 Å². The molecule has 1 fully saturated rings. The summed E-state index contributed by atoms with van der Waals surface area (Å²) in [4.78, 5) is 2.20. The van der Waals surface area contributed by atoms with Crippen molar-refractivity contribution >= 4 is 0 Å². The summed E-state index contributed by atoms with van der Waals surface area (Å²) < 4.78 is 0. The lowest BCUT2D eigenvalue weighted by Crippen LogP contribution is -2.18. The van der Waals surface area contributed by atoms with Gasteiger partial charge >= 0.3 is 0 Å². The molecule has 0 aromatic heterocycles. The summed E-state index contributed by atoms with van der Waals surface area (Å²) in [6.07, 6.45) is 3.77. The molecule has 0 amide bonds. The van der Waals surface area contributed by atoms with Gasteiger partial charge in [0.15, 0.2) is 0 Å². The lowest BCUT2D eigenvalue weighted by atomic mass is 9.95. The maximum atomic E-state index is 5.83. The van der Waals surface area contributed by atoms with Gasteiger partial charge in [0.05, 0.1) is 0 Å². The Hall–Kier alpha value is -0.860. The number of nitrogens with zero attached hydrogens (tertiary/aromatic N) is 1. The van der Waals surface area contributed by atoms with E-state index in [0.29, 0.717) is 5.41 Å². The van der Waals surface area contributed by atoms with Crippen molar-refractivity contribution in [3.05, 3.63) is 35.4 Å². The predicted octanol–water partition coefficient (Wildman–Crippen LogP) is 2.03. The van der Waals surface area contributed by atoms with Gasteiger partial charge in [-0.3, -0.25) is 0 Å². The molecule has 0 heterocycles. The van der Waals surface area contributed by atoms with Gasteiger partial charge in [0.1, 0.15) is 0 Å². The molecule has 16 heavy (non-hydrogen) atoms. The van der Waals surface area contributed by atoms with Crippen molar-refractivity contribution in [2.45, 2.75) is 25.8 Å². The van der Waals surface area contributed by atoms with Crippen LogP contribution in [-0.2, 0) is 13.0 Å². The van der Waals surface area contributed by atoms with Crippen molar-refractivity contribution in [2.24, 2.45) is 11.1 Å². The van der Waals surface area contributed by atoms with E-state index in [1.54, 1.807) is 0 Å². The first-order chi connectivity index (χ1) is 7.63. The third kappa shape index (κ3) is 2.83. The van der Waals surface area contributed by atoms with Crippen LogP contribution in [0.5, 0.6) is 0 Å². The third-order valence-corrected chi connectivity index (χ3v) is 3.46. The van der Waals surface area contributed by atoms with Gasteiger partial charge in [0.25, 0.3) is 0 Å². The van der Waals surface area contributed by atoms with Crippen LogP contribution in [-0.4, -0.2) is 25.5 Å². The second-order valence-electron chi connectivity index (χ2n) is 5.44. The molecular weight excluding hydrogens is 196 g/mol. The predicted molar refractivity (Wildman–Crippen MR) is 68.3 cm³/mol. The molecule has 1 aromatic carbocycles. The summed E-state index contributed by atoms with van der Waals surface area (Å²) in [5.74, 6) is 0. The first-order valence-corrected chi connectivity index (χ1v) is 6.06. The van der Waals surface area contributed by atoms with E-state index in [4.69, 9.17) is 5.73 Å². The quantitative estimate of drug-likeness (QED) is 0.819. The van der Waals surface area contributed by atoms with Crippen LogP contribution in [0.25, 0.3) is 0 Å². The van der Waals surface area contributed by atoms with Crippen molar-refractivity contribution in [3.8, 4) is 0 Å². The lowest BCUT2D eigenvalue weighted by Gasteiger charge is -2.14. The average molecular weight is 218 g/mol. The third-order valence-electron chi connectivity index (χ3n) is 3.46. The summed E-state index contributed by atoms with van der Waals surface area (Å²) in [7, 11) is 4.21. The summed E-state index contributed by atoms with van der Waals surface area (Å²) in [5.41, 5.74) is 9.11. The molecule has 0 bridgehead atoms. The second-order valence-corrected chi connectivity index (χ2v) is 5.44. The lowest BCUT2D eigenvalue weighted by molar-refractivity contribution is 0.402. The summed E-state index contributed by atoms with van der Waals surface area (Å²) in [6.45, 7) is 1.86. The standard InChI is InChI=1S/C14H22N2/c1-16(2)10-13-5-3-4-12(8-13)9-14(11-15)6-7-14/h3-5,8H,6-7,9-11,15H2,1-2H3. The largest absolute Gasteiger partial charge is 0.330 e. The molecule has 2 heteroatoms. The molecule has 1 aliphatic rings. The highest BCUT2D eigenvalue weighted by atomic mass is 15.0. The van der Waals surface area contributed by atoms with Crippen molar-refractivity contribution < 1.29 is 0 Å². The Morgan fingerprint density at radius 1 is 1.25 bits per heavy atom. The van der Waals surface area contributed by atoms with Crippen LogP contribution in [0.4, 0.5) is 0 Å². The first-order valence-electron chi connectivity index (χ1n) is 6.06. The summed E-state index contributed by atoms with van der Waals surface area (Å²) in [5, 5.41) is 0. The van der Waals surface area contributed by atoms with Crippen LogP contribution in [0.1, 0.15) is 24.0 Å². The van der Waals surface area contributed by atoms with Gasteiger partial charge in [-0.15, -0.1) is 0 Å². The maximum absolute atomic E-state index is 5.83. The van der Waals surface area contributed by atoms with Crippen molar-refractivity contribution in [3.63, 3.8) is 0 Å². The summed E-state index contributed by atoms with van der Waals surface area (Å²) >= 11 is 0. The van der Waals surface area contributed by atoms with E-state index in [0.717, 1.165) is 19.5 Å². The van der Waals surface area contributed by atoms with Gasteiger partial charge in [0, 0.05) is 6.54 Å². The number of rotatable bonds is 5. The van der Waals surface area contributed by atoms with Crippen LogP contribution in [0.15, 0.2) is 24.3 Å². The molecule has 2 N–H and O–H groups in total. The molecule has 0 aliphatic heterocycles. The smallest absolute Gasteiger partial charge is 0.0227 e. The minimum absolute atomic E-state index is 0.441. The molecule has 2 rings (SSSR count). The highest BCUT2D eigenvalue weighted by molar-refractivity contribution is 5.25. The normalized spacial score (nSPS) is 17.8. The second kappa shape index (κ2) is 4.56. The molecule has 2 nitrogen and oxygen atoms in total. The van der Waals surface area contributed by atoms with Crippen molar-refractivity contribution in [1.29, 1.82) is 0 Å². The Labute approximate surface area is 98.4 Å². The molecule has 88 valence electrons. The Balaban J connectivity index is 2.04. The van der Waals surface area contributed by atoms with E-state index in [1.165, 1.54) is 24.0 Å². The number of hydrogen-bond donors (Lipinski definition) is 1. The fraction of sp³-hybridized carbons (Fsp3) is 0.571. The Bertz CT molecular complexity index is 354. The van der Waals surface area contributed by atoms with Gasteiger partial charge in [0.2, 0.25) is 0 Å². The Morgan fingerprint density at radius 3 is 2.50 bits per heavy atom. The van der Waals surface area contributed by atoms with Crippen molar-refractivity contribution in [2.75, 3.05) is 20.6 Å². The fourth-order valence-corrected chi connectivity index (χ4v) is 2.27. The van der Waals surface area contributed by atoms with Gasteiger partial charge in [-0.25, -0.2) is 0 Å². The number of hydrogen-bond acceptors (Lipinski definition) is 2. The van der Waals surface area contributed by atoms with Crippen LogP contribution in [0, 0.1) is 5.41 Å². The molecule has 0 saturated heterocycles. The van der Waals surface area contributed by atoms with Crippen molar-refractivity contribution in [1.82, 2.24) is 4.90 Å². The van der Waals surface area contributed by atoms with E-state index in [1.807, 2.05) is 0 Å². The highest BCUT2D eigenvalue weighted by Crippen LogP contribution is 2.47. The minimum atomic E-state index is 0.441. The molecule has 1 saturated carbocycles. The molecular formula is C14H22N2. The molecule has 1 aliphatic carbocycles. The van der Waals surface area contributed by atoms with Crippen LogP contribution < -0.4 is 5.73 Å². The topological polar surface area (TPSA) is 29.3 Å². The Morgan fingerprint density at radius 2 is 1.94 bits per heavy atom. The molecule has 1 aromatic rings. The minimum Gasteiger partial charge on any atom is -0.330 e. The molecule has 0 atom stereocenters. The number of nitrogens with two attached hydrogens (primary N) is 1. The zero-order chi connectivity index (χ0) is 11.6. The van der Waals surface area contributed by atoms with E-state index >= 15 is 0 Å². The number of benzene rings is 1. The van der Waals surface area contributed by atoms with Crippen LogP contribution in [0.2, 0.25) is 0 Å². The van der Waals surface area contributed by atoms with Gasteiger partial charge in [-0.1, -0.05) is 24.3 Å². The van der Waals surface area contributed by atoms with E-state index in [-0.39, 0.29) is 0 Å². The average Bonchev–Trinajstić information content (AvgIpc) is 2.98. The first kappa shape index (κ1) is 11.6. The fourth-order valence-electron chi connectivity index (χ4n) is 2.27.